The number of aliphatic imine (C=N–C) groups is 1. The van der Waals surface area contributed by atoms with E-state index in [1.165, 1.54) is 11.4 Å². The number of para-hydroxylation sites is 1. The summed E-state index contributed by atoms with van der Waals surface area (Å²) >= 11 is 1.88. The minimum atomic E-state index is 0.0311. The van der Waals surface area contributed by atoms with Gasteiger partial charge in [-0.2, -0.15) is 0 Å². The molecule has 1 fully saturated rings. The Morgan fingerprint density at radius 3 is 2.65 bits per heavy atom. The quantitative estimate of drug-likeness (QED) is 0.691. The van der Waals surface area contributed by atoms with Crippen LogP contribution in [0.25, 0.3) is 5.69 Å². The highest BCUT2D eigenvalue weighted by molar-refractivity contribution is 8.14. The van der Waals surface area contributed by atoms with Gasteiger partial charge < -0.3 is 9.47 Å². The summed E-state index contributed by atoms with van der Waals surface area (Å²) in [5.41, 5.74) is 3.48. The number of rotatable bonds is 3. The van der Waals surface area contributed by atoms with E-state index in [9.17, 15) is 0 Å². The number of aromatic nitrogens is 2. The molecule has 4 heterocycles. The zero-order valence-corrected chi connectivity index (χ0v) is 15.4. The first-order valence-electron chi connectivity index (χ1n) is 8.96. The lowest BCUT2D eigenvalue weighted by molar-refractivity contribution is 0.312. The molecule has 0 N–H and O–H groups in total. The fourth-order valence-electron chi connectivity index (χ4n) is 3.90. The summed E-state index contributed by atoms with van der Waals surface area (Å²) in [6.45, 7) is 3.30. The van der Waals surface area contributed by atoms with Crippen molar-refractivity contribution >= 4 is 16.9 Å². The van der Waals surface area contributed by atoms with Crippen molar-refractivity contribution in [1.29, 1.82) is 0 Å². The normalized spacial score (nSPS) is 24.6. The van der Waals surface area contributed by atoms with Crippen LogP contribution in [0.5, 0.6) is 0 Å². The van der Waals surface area contributed by atoms with Crippen molar-refractivity contribution in [3.05, 3.63) is 84.4 Å². The fraction of sp³-hybridized carbons (Fsp3) is 0.238. The number of thioether (sulfide) groups is 1. The smallest absolute Gasteiger partial charge is 0.160 e. The molecule has 0 amide bonds. The lowest BCUT2D eigenvalue weighted by Gasteiger charge is -2.28. The van der Waals surface area contributed by atoms with Gasteiger partial charge in [-0.05, 0) is 36.4 Å². The molecule has 5 heteroatoms. The van der Waals surface area contributed by atoms with Gasteiger partial charge in [0.05, 0.1) is 11.7 Å². The molecule has 0 radical (unpaired) electrons. The summed E-state index contributed by atoms with van der Waals surface area (Å²) in [6, 6.07) is 21.2. The molecular weight excluding hydrogens is 340 g/mol. The van der Waals surface area contributed by atoms with Crippen molar-refractivity contribution in [2.45, 2.75) is 24.3 Å². The molecule has 2 aromatic heterocycles. The molecule has 3 aromatic rings. The van der Waals surface area contributed by atoms with E-state index in [4.69, 9.17) is 4.99 Å². The standard InChI is InChI=1S/C21H20N4S/c1-15-14-25-20(18-11-7-13-24(18)16-8-3-2-4-9-16)19(23-21(25)26-15)17-10-5-6-12-22-17/h2-13,15,19-20H,14H2,1H3/t15-,19-,20-/m1/s1. The topological polar surface area (TPSA) is 33.4 Å². The maximum atomic E-state index is 5.07. The second kappa shape index (κ2) is 6.32. The molecule has 26 heavy (non-hydrogen) atoms. The summed E-state index contributed by atoms with van der Waals surface area (Å²) in [5, 5.41) is 1.72. The molecule has 0 saturated carbocycles. The molecule has 0 aliphatic carbocycles. The Bertz CT molecular complexity index is 935. The maximum Gasteiger partial charge on any atom is 0.160 e. The largest absolute Gasteiger partial charge is 0.339 e. The van der Waals surface area contributed by atoms with Gasteiger partial charge in [0.25, 0.3) is 0 Å². The number of hydrogen-bond donors (Lipinski definition) is 0. The van der Waals surface area contributed by atoms with Crippen molar-refractivity contribution in [1.82, 2.24) is 14.5 Å². The number of amidine groups is 1. The van der Waals surface area contributed by atoms with E-state index < -0.39 is 0 Å². The summed E-state index contributed by atoms with van der Waals surface area (Å²) < 4.78 is 2.28. The van der Waals surface area contributed by atoms with Gasteiger partial charge in [-0.1, -0.05) is 43.0 Å². The van der Waals surface area contributed by atoms with Gasteiger partial charge in [0, 0.05) is 35.6 Å². The van der Waals surface area contributed by atoms with Crippen molar-refractivity contribution in [3.8, 4) is 5.69 Å². The molecular formula is C21H20N4S. The number of fused-ring (bicyclic) bond motifs is 1. The van der Waals surface area contributed by atoms with Gasteiger partial charge in [0.2, 0.25) is 0 Å². The van der Waals surface area contributed by atoms with Gasteiger partial charge in [-0.15, -0.1) is 0 Å². The third kappa shape index (κ3) is 2.54. The molecule has 1 saturated heterocycles. The van der Waals surface area contributed by atoms with Gasteiger partial charge in [-0.25, -0.2) is 0 Å². The Hall–Kier alpha value is -2.53. The van der Waals surface area contributed by atoms with Gasteiger partial charge in [0.1, 0.15) is 6.04 Å². The second-order valence-electron chi connectivity index (χ2n) is 6.78. The molecule has 2 aliphatic rings. The van der Waals surface area contributed by atoms with E-state index in [1.54, 1.807) is 0 Å². The third-order valence-electron chi connectivity index (χ3n) is 5.00. The van der Waals surface area contributed by atoms with Crippen LogP contribution in [0, 0.1) is 0 Å². The first-order valence-corrected chi connectivity index (χ1v) is 9.84. The van der Waals surface area contributed by atoms with E-state index >= 15 is 0 Å². The van der Waals surface area contributed by atoms with E-state index in [0.29, 0.717) is 5.25 Å². The summed E-state index contributed by atoms with van der Waals surface area (Å²) in [4.78, 5) is 12.2. The molecule has 5 rings (SSSR count). The predicted molar refractivity (Wildman–Crippen MR) is 107 cm³/mol. The fourth-order valence-corrected chi connectivity index (χ4v) is 4.99. The van der Waals surface area contributed by atoms with Crippen LogP contribution >= 0.6 is 11.8 Å². The number of hydrogen-bond acceptors (Lipinski definition) is 4. The van der Waals surface area contributed by atoms with Gasteiger partial charge in [-0.3, -0.25) is 9.98 Å². The highest BCUT2D eigenvalue weighted by atomic mass is 32.2. The molecule has 1 aromatic carbocycles. The third-order valence-corrected chi connectivity index (χ3v) is 6.10. The van der Waals surface area contributed by atoms with E-state index in [2.05, 4.69) is 82.2 Å². The average molecular weight is 360 g/mol. The second-order valence-corrected chi connectivity index (χ2v) is 8.18. The van der Waals surface area contributed by atoms with Crippen molar-refractivity contribution in [2.75, 3.05) is 6.54 Å². The molecule has 0 spiro atoms. The Morgan fingerprint density at radius 2 is 1.85 bits per heavy atom. The lowest BCUT2D eigenvalue weighted by Crippen LogP contribution is -2.30. The lowest BCUT2D eigenvalue weighted by atomic mass is 10.0. The predicted octanol–water partition coefficient (Wildman–Crippen LogP) is 4.46. The van der Waals surface area contributed by atoms with Crippen LogP contribution in [-0.4, -0.2) is 31.4 Å². The Morgan fingerprint density at radius 1 is 1.00 bits per heavy atom. The molecule has 130 valence electrons. The van der Waals surface area contributed by atoms with Gasteiger partial charge >= 0.3 is 0 Å². The molecule has 0 unspecified atom stereocenters. The van der Waals surface area contributed by atoms with Crippen LogP contribution in [0.4, 0.5) is 0 Å². The van der Waals surface area contributed by atoms with Crippen LogP contribution in [0.15, 0.2) is 78.0 Å². The maximum absolute atomic E-state index is 5.07. The van der Waals surface area contributed by atoms with Crippen molar-refractivity contribution in [3.63, 3.8) is 0 Å². The number of nitrogens with zero attached hydrogens (tertiary/aromatic N) is 4. The first-order chi connectivity index (χ1) is 12.8. The number of benzene rings is 1. The number of pyridine rings is 1. The monoisotopic (exact) mass is 360 g/mol. The molecule has 3 atom stereocenters. The highest BCUT2D eigenvalue weighted by Crippen LogP contribution is 2.47. The van der Waals surface area contributed by atoms with Crippen LogP contribution < -0.4 is 0 Å². The van der Waals surface area contributed by atoms with E-state index in [1.807, 2.05) is 24.0 Å². The van der Waals surface area contributed by atoms with Gasteiger partial charge in [0.15, 0.2) is 5.17 Å². The van der Waals surface area contributed by atoms with Crippen molar-refractivity contribution in [2.24, 2.45) is 4.99 Å². The summed E-state index contributed by atoms with van der Waals surface area (Å²) in [5.74, 6) is 0. The molecule has 0 bridgehead atoms. The van der Waals surface area contributed by atoms with Crippen LogP contribution in [0.1, 0.15) is 30.4 Å². The van der Waals surface area contributed by atoms with Crippen molar-refractivity contribution < 1.29 is 0 Å². The Labute approximate surface area is 157 Å². The zero-order chi connectivity index (χ0) is 17.5. The van der Waals surface area contributed by atoms with Crippen LogP contribution in [0.2, 0.25) is 0 Å². The van der Waals surface area contributed by atoms with Crippen LogP contribution in [-0.2, 0) is 0 Å². The minimum absolute atomic E-state index is 0.0311. The van der Waals surface area contributed by atoms with E-state index in [0.717, 1.165) is 17.4 Å². The first kappa shape index (κ1) is 15.7. The SMILES string of the molecule is C[C@@H]1CN2C(=N[C@H](c3ccccn3)[C@H]2c2cccn2-c2ccccc2)S1. The minimum Gasteiger partial charge on any atom is -0.339 e. The molecule has 2 aliphatic heterocycles. The van der Waals surface area contributed by atoms with Crippen LogP contribution in [0.3, 0.4) is 0 Å². The summed E-state index contributed by atoms with van der Waals surface area (Å²) in [7, 11) is 0. The summed E-state index contributed by atoms with van der Waals surface area (Å²) in [6.07, 6.45) is 4.01. The van der Waals surface area contributed by atoms with E-state index in [-0.39, 0.29) is 12.1 Å². The Balaban J connectivity index is 1.62. The average Bonchev–Trinajstić information content (AvgIpc) is 3.37. The Kier molecular flexibility index (Phi) is 3.82. The zero-order valence-electron chi connectivity index (χ0n) is 14.6. The highest BCUT2D eigenvalue weighted by Gasteiger charge is 2.44. The molecule has 4 nitrogen and oxygen atoms in total.